The average molecular weight is 216 g/mol. The van der Waals surface area contributed by atoms with Crippen molar-refractivity contribution in [2.45, 2.75) is 19.8 Å². The Balaban J connectivity index is 2.58. The van der Waals surface area contributed by atoms with E-state index in [2.05, 4.69) is 6.58 Å². The van der Waals surface area contributed by atoms with Gasteiger partial charge in [0.15, 0.2) is 5.78 Å². The maximum Gasteiger partial charge on any atom is 0.170 e. The fourth-order valence-corrected chi connectivity index (χ4v) is 1.44. The van der Waals surface area contributed by atoms with Crippen LogP contribution in [-0.4, -0.2) is 11.6 Å². The highest BCUT2D eigenvalue weighted by Crippen LogP contribution is 2.10. The number of benzene rings is 1. The van der Waals surface area contributed by atoms with E-state index in [-0.39, 0.29) is 23.9 Å². The summed E-state index contributed by atoms with van der Waals surface area (Å²) in [5.74, 6) is -0.250. The number of hydrogen-bond acceptors (Lipinski definition) is 2. The van der Waals surface area contributed by atoms with Gasteiger partial charge in [0.1, 0.15) is 5.78 Å². The first-order valence-corrected chi connectivity index (χ1v) is 5.37. The second kappa shape index (κ2) is 6.01. The quantitative estimate of drug-likeness (QED) is 0.416. The highest BCUT2D eigenvalue weighted by atomic mass is 16.1. The molecule has 0 N–H and O–H groups in total. The molecule has 0 radical (unpaired) electrons. The zero-order chi connectivity index (χ0) is 12.0. The second-order valence-corrected chi connectivity index (χ2v) is 3.86. The Bertz CT molecular complexity index is 379. The number of carbonyl (C=O) groups is 2. The molecular formula is C14H16O2. The summed E-state index contributed by atoms with van der Waals surface area (Å²) < 4.78 is 0. The summed E-state index contributed by atoms with van der Waals surface area (Å²) in [4.78, 5) is 23.4. The van der Waals surface area contributed by atoms with E-state index < -0.39 is 0 Å². The van der Waals surface area contributed by atoms with E-state index >= 15 is 0 Å². The first-order chi connectivity index (χ1) is 7.65. The van der Waals surface area contributed by atoms with Crippen molar-refractivity contribution in [1.82, 2.24) is 0 Å². The Morgan fingerprint density at radius 2 is 1.94 bits per heavy atom. The van der Waals surface area contributed by atoms with Gasteiger partial charge in [0.05, 0.1) is 6.42 Å². The summed E-state index contributed by atoms with van der Waals surface area (Å²) in [5, 5.41) is 0. The molecule has 2 nitrogen and oxygen atoms in total. The summed E-state index contributed by atoms with van der Waals surface area (Å²) >= 11 is 0. The van der Waals surface area contributed by atoms with Crippen LogP contribution in [0.25, 0.3) is 0 Å². The van der Waals surface area contributed by atoms with Crippen molar-refractivity contribution in [2.75, 3.05) is 0 Å². The van der Waals surface area contributed by atoms with Crippen LogP contribution in [-0.2, 0) is 4.79 Å². The molecule has 1 aromatic rings. The SMILES string of the molecule is C=CCC(C)C(=O)CC(=O)c1ccccc1. The van der Waals surface area contributed by atoms with Crippen LogP contribution in [0.4, 0.5) is 0 Å². The van der Waals surface area contributed by atoms with Crippen LogP contribution in [0.1, 0.15) is 30.1 Å². The predicted octanol–water partition coefficient (Wildman–Crippen LogP) is 3.04. The molecule has 84 valence electrons. The minimum Gasteiger partial charge on any atom is -0.299 e. The van der Waals surface area contributed by atoms with Gasteiger partial charge in [0.25, 0.3) is 0 Å². The number of Topliss-reactive ketones (excluding diaryl/α,β-unsaturated/α-hetero) is 2. The van der Waals surface area contributed by atoms with E-state index in [1.807, 2.05) is 13.0 Å². The first-order valence-electron chi connectivity index (χ1n) is 5.37. The third-order valence-corrected chi connectivity index (χ3v) is 2.50. The van der Waals surface area contributed by atoms with E-state index in [0.717, 1.165) is 0 Å². The lowest BCUT2D eigenvalue weighted by atomic mass is 9.96. The van der Waals surface area contributed by atoms with E-state index in [1.165, 1.54) is 0 Å². The molecule has 0 aliphatic carbocycles. The lowest BCUT2D eigenvalue weighted by Gasteiger charge is -2.06. The molecule has 1 aromatic carbocycles. The molecule has 0 amide bonds. The maximum absolute atomic E-state index is 11.7. The number of carbonyl (C=O) groups excluding carboxylic acids is 2. The van der Waals surface area contributed by atoms with Gasteiger partial charge < -0.3 is 0 Å². The van der Waals surface area contributed by atoms with Gasteiger partial charge in [0, 0.05) is 11.5 Å². The molecule has 0 spiro atoms. The standard InChI is InChI=1S/C14H16O2/c1-3-7-11(2)13(15)10-14(16)12-8-5-4-6-9-12/h3-6,8-9,11H,1,7,10H2,2H3. The van der Waals surface area contributed by atoms with Gasteiger partial charge in [-0.15, -0.1) is 6.58 Å². The van der Waals surface area contributed by atoms with Gasteiger partial charge in [0.2, 0.25) is 0 Å². The van der Waals surface area contributed by atoms with Crippen LogP contribution in [0.5, 0.6) is 0 Å². The van der Waals surface area contributed by atoms with Crippen LogP contribution in [0.3, 0.4) is 0 Å². The summed E-state index contributed by atoms with van der Waals surface area (Å²) in [6.07, 6.45) is 2.31. The highest BCUT2D eigenvalue weighted by molar-refractivity contribution is 6.08. The molecule has 0 aliphatic heterocycles. The summed E-state index contributed by atoms with van der Waals surface area (Å²) in [6.45, 7) is 5.40. The molecule has 16 heavy (non-hydrogen) atoms. The van der Waals surface area contributed by atoms with Crippen LogP contribution in [0.2, 0.25) is 0 Å². The number of ketones is 2. The molecule has 0 aromatic heterocycles. The van der Waals surface area contributed by atoms with Crippen LogP contribution < -0.4 is 0 Å². The second-order valence-electron chi connectivity index (χ2n) is 3.86. The molecule has 0 fully saturated rings. The van der Waals surface area contributed by atoms with Gasteiger partial charge in [-0.3, -0.25) is 9.59 Å². The summed E-state index contributed by atoms with van der Waals surface area (Å²) in [5.41, 5.74) is 0.599. The Kier molecular flexibility index (Phi) is 4.65. The number of hydrogen-bond donors (Lipinski definition) is 0. The topological polar surface area (TPSA) is 34.1 Å². The summed E-state index contributed by atoms with van der Waals surface area (Å²) in [7, 11) is 0. The van der Waals surface area contributed by atoms with Crippen LogP contribution in [0, 0.1) is 5.92 Å². The minimum absolute atomic E-state index is 0.0149. The number of rotatable bonds is 6. The Morgan fingerprint density at radius 1 is 1.31 bits per heavy atom. The van der Waals surface area contributed by atoms with Gasteiger partial charge in [-0.25, -0.2) is 0 Å². The zero-order valence-corrected chi connectivity index (χ0v) is 9.48. The summed E-state index contributed by atoms with van der Waals surface area (Å²) in [6, 6.07) is 8.90. The first kappa shape index (κ1) is 12.4. The fourth-order valence-electron chi connectivity index (χ4n) is 1.44. The number of allylic oxidation sites excluding steroid dienone is 1. The third kappa shape index (κ3) is 3.46. The Morgan fingerprint density at radius 3 is 2.50 bits per heavy atom. The molecule has 0 bridgehead atoms. The van der Waals surface area contributed by atoms with Gasteiger partial charge in [-0.05, 0) is 6.42 Å². The van der Waals surface area contributed by atoms with Crippen LogP contribution >= 0.6 is 0 Å². The zero-order valence-electron chi connectivity index (χ0n) is 9.48. The monoisotopic (exact) mass is 216 g/mol. The van der Waals surface area contributed by atoms with Crippen molar-refractivity contribution in [3.63, 3.8) is 0 Å². The van der Waals surface area contributed by atoms with Gasteiger partial charge >= 0.3 is 0 Å². The molecule has 1 atom stereocenters. The van der Waals surface area contributed by atoms with Crippen molar-refractivity contribution in [2.24, 2.45) is 5.92 Å². The van der Waals surface area contributed by atoms with Crippen molar-refractivity contribution in [3.8, 4) is 0 Å². The molecule has 0 saturated heterocycles. The normalized spacial score (nSPS) is 11.8. The van der Waals surface area contributed by atoms with Crippen molar-refractivity contribution in [3.05, 3.63) is 48.6 Å². The Hall–Kier alpha value is -1.70. The predicted molar refractivity (Wildman–Crippen MR) is 64.4 cm³/mol. The van der Waals surface area contributed by atoms with E-state index in [1.54, 1.807) is 30.3 Å². The van der Waals surface area contributed by atoms with Crippen molar-refractivity contribution >= 4 is 11.6 Å². The largest absolute Gasteiger partial charge is 0.299 e. The van der Waals surface area contributed by atoms with E-state index in [9.17, 15) is 9.59 Å². The third-order valence-electron chi connectivity index (χ3n) is 2.50. The maximum atomic E-state index is 11.7. The lowest BCUT2D eigenvalue weighted by molar-refractivity contribution is -0.121. The van der Waals surface area contributed by atoms with E-state index in [4.69, 9.17) is 0 Å². The minimum atomic E-state index is -0.120. The van der Waals surface area contributed by atoms with E-state index in [0.29, 0.717) is 12.0 Å². The molecular weight excluding hydrogens is 200 g/mol. The lowest BCUT2D eigenvalue weighted by Crippen LogP contribution is -2.15. The van der Waals surface area contributed by atoms with Gasteiger partial charge in [-0.1, -0.05) is 43.3 Å². The van der Waals surface area contributed by atoms with Gasteiger partial charge in [-0.2, -0.15) is 0 Å². The Labute approximate surface area is 96.0 Å². The molecule has 1 unspecified atom stereocenters. The molecule has 1 rings (SSSR count). The van der Waals surface area contributed by atoms with Crippen molar-refractivity contribution < 1.29 is 9.59 Å². The molecule has 0 heterocycles. The smallest absolute Gasteiger partial charge is 0.170 e. The molecule has 0 saturated carbocycles. The molecule has 0 aliphatic rings. The highest BCUT2D eigenvalue weighted by Gasteiger charge is 2.16. The van der Waals surface area contributed by atoms with Crippen LogP contribution in [0.15, 0.2) is 43.0 Å². The van der Waals surface area contributed by atoms with Crippen molar-refractivity contribution in [1.29, 1.82) is 0 Å². The average Bonchev–Trinajstić information content (AvgIpc) is 2.30. The fraction of sp³-hybridized carbons (Fsp3) is 0.286. The molecule has 2 heteroatoms.